The van der Waals surface area contributed by atoms with Gasteiger partial charge in [-0.3, -0.25) is 0 Å². The minimum Gasteiger partial charge on any atom is -0.471 e. The minimum absolute atomic E-state index is 0.111. The first-order valence-electron chi connectivity index (χ1n) is 8.60. The summed E-state index contributed by atoms with van der Waals surface area (Å²) < 4.78 is 33.2. The summed E-state index contributed by atoms with van der Waals surface area (Å²) >= 11 is 0. The molecule has 6 heteroatoms. The van der Waals surface area contributed by atoms with Gasteiger partial charge in [-0.25, -0.2) is 9.37 Å². The number of benzene rings is 1. The molecule has 0 amide bonds. The van der Waals surface area contributed by atoms with E-state index >= 15 is 0 Å². The highest BCUT2D eigenvalue weighted by Crippen LogP contribution is 2.30. The number of allylic oxidation sites excluding steroid dienone is 2. The molecule has 4 nitrogen and oxygen atoms in total. The predicted molar refractivity (Wildman–Crippen MR) is 93.5 cm³/mol. The van der Waals surface area contributed by atoms with E-state index < -0.39 is 11.6 Å². The Hall–Kier alpha value is -2.63. The Bertz CT molecular complexity index is 837. The SMILES string of the molecule is Cc1ccc(COc2nc(C3=CCC(CC=O)CC3)ncc2F)c(F)c1. The van der Waals surface area contributed by atoms with Gasteiger partial charge in [-0.2, -0.15) is 9.37 Å². The van der Waals surface area contributed by atoms with E-state index in [-0.39, 0.29) is 12.5 Å². The minimum atomic E-state index is -0.684. The number of ether oxygens (including phenoxy) is 1. The third-order valence-electron chi connectivity index (χ3n) is 4.52. The Kier molecular flexibility index (Phi) is 5.71. The van der Waals surface area contributed by atoms with Crippen LogP contribution in [0.5, 0.6) is 5.88 Å². The van der Waals surface area contributed by atoms with Crippen molar-refractivity contribution in [1.82, 2.24) is 9.97 Å². The smallest absolute Gasteiger partial charge is 0.254 e. The first-order valence-corrected chi connectivity index (χ1v) is 8.60. The molecular formula is C20H20F2N2O2. The molecule has 1 heterocycles. The molecule has 1 aliphatic rings. The Morgan fingerprint density at radius 2 is 2.15 bits per heavy atom. The zero-order valence-electron chi connectivity index (χ0n) is 14.5. The number of aldehydes is 1. The van der Waals surface area contributed by atoms with Crippen LogP contribution in [0.25, 0.3) is 5.57 Å². The first-order chi connectivity index (χ1) is 12.6. The van der Waals surface area contributed by atoms with Gasteiger partial charge in [0.05, 0.1) is 6.20 Å². The van der Waals surface area contributed by atoms with Gasteiger partial charge in [-0.1, -0.05) is 18.2 Å². The van der Waals surface area contributed by atoms with Crippen LogP contribution in [0, 0.1) is 24.5 Å². The highest BCUT2D eigenvalue weighted by molar-refractivity contribution is 5.61. The molecule has 0 bridgehead atoms. The number of carbonyl (C=O) groups excluding carboxylic acids is 1. The van der Waals surface area contributed by atoms with Gasteiger partial charge in [0, 0.05) is 12.0 Å². The summed E-state index contributed by atoms with van der Waals surface area (Å²) in [6.07, 6.45) is 6.93. The van der Waals surface area contributed by atoms with Crippen LogP contribution >= 0.6 is 0 Å². The maximum atomic E-state index is 14.0. The molecule has 136 valence electrons. The lowest BCUT2D eigenvalue weighted by Crippen LogP contribution is -2.09. The van der Waals surface area contributed by atoms with Crippen LogP contribution in [0.1, 0.15) is 42.6 Å². The molecule has 0 spiro atoms. The number of hydrogen-bond acceptors (Lipinski definition) is 4. The lowest BCUT2D eigenvalue weighted by atomic mass is 9.87. The van der Waals surface area contributed by atoms with Gasteiger partial charge in [0.15, 0.2) is 5.82 Å². The van der Waals surface area contributed by atoms with Crippen molar-refractivity contribution in [3.8, 4) is 5.88 Å². The van der Waals surface area contributed by atoms with Gasteiger partial charge in [0.1, 0.15) is 18.7 Å². The normalized spacial score (nSPS) is 16.9. The summed E-state index contributed by atoms with van der Waals surface area (Å²) in [6, 6.07) is 4.79. The Morgan fingerprint density at radius 1 is 1.31 bits per heavy atom. The zero-order valence-corrected chi connectivity index (χ0v) is 14.5. The van der Waals surface area contributed by atoms with Crippen LogP contribution in [0.4, 0.5) is 8.78 Å². The molecule has 3 rings (SSSR count). The monoisotopic (exact) mass is 358 g/mol. The van der Waals surface area contributed by atoms with E-state index in [0.29, 0.717) is 23.7 Å². The third kappa shape index (κ3) is 4.31. The molecule has 1 aliphatic carbocycles. The summed E-state index contributed by atoms with van der Waals surface area (Å²) in [6.45, 7) is 1.68. The molecule has 2 aromatic rings. The summed E-state index contributed by atoms with van der Waals surface area (Å²) in [5.41, 5.74) is 2.06. The van der Waals surface area contributed by atoms with E-state index in [1.54, 1.807) is 19.1 Å². The number of hydrogen-bond donors (Lipinski definition) is 0. The highest BCUT2D eigenvalue weighted by Gasteiger charge is 2.18. The van der Waals surface area contributed by atoms with Crippen LogP contribution in [0.15, 0.2) is 30.5 Å². The molecule has 0 N–H and O–H groups in total. The van der Waals surface area contributed by atoms with Gasteiger partial charge >= 0.3 is 0 Å². The third-order valence-corrected chi connectivity index (χ3v) is 4.52. The fourth-order valence-electron chi connectivity index (χ4n) is 2.96. The second-order valence-electron chi connectivity index (χ2n) is 6.50. The Balaban J connectivity index is 1.73. The Morgan fingerprint density at radius 3 is 2.85 bits per heavy atom. The molecule has 1 aromatic heterocycles. The fraction of sp³-hybridized carbons (Fsp3) is 0.350. The molecule has 1 atom stereocenters. The predicted octanol–water partition coefficient (Wildman–Crippen LogP) is 4.41. The average Bonchev–Trinajstić information content (AvgIpc) is 2.63. The van der Waals surface area contributed by atoms with Crippen molar-refractivity contribution in [3.63, 3.8) is 0 Å². The number of nitrogens with zero attached hydrogens (tertiary/aromatic N) is 2. The number of rotatable bonds is 6. The number of carbonyl (C=O) groups is 1. The molecule has 0 radical (unpaired) electrons. The summed E-state index contributed by atoms with van der Waals surface area (Å²) in [4.78, 5) is 18.8. The second-order valence-corrected chi connectivity index (χ2v) is 6.50. The molecule has 0 saturated carbocycles. The zero-order chi connectivity index (χ0) is 18.5. The standard InChI is InChI=1S/C20H20F2N2O2/c1-13-2-5-16(17(21)10-13)12-26-20-18(22)11-23-19(24-20)15-6-3-14(4-7-15)8-9-25/h2,5-6,9-11,14H,3-4,7-8,12H2,1H3. The van der Waals surface area contributed by atoms with Gasteiger partial charge in [0.2, 0.25) is 5.82 Å². The summed E-state index contributed by atoms with van der Waals surface area (Å²) in [5.74, 6) is -0.509. The maximum absolute atomic E-state index is 14.0. The second kappa shape index (κ2) is 8.17. The summed E-state index contributed by atoms with van der Waals surface area (Å²) in [7, 11) is 0. The quantitative estimate of drug-likeness (QED) is 0.718. The summed E-state index contributed by atoms with van der Waals surface area (Å²) in [5, 5.41) is 0. The van der Waals surface area contributed by atoms with Gasteiger partial charge < -0.3 is 9.53 Å². The van der Waals surface area contributed by atoms with Crippen molar-refractivity contribution in [2.24, 2.45) is 5.92 Å². The van der Waals surface area contributed by atoms with Crippen molar-refractivity contribution in [1.29, 1.82) is 0 Å². The van der Waals surface area contributed by atoms with Gasteiger partial charge in [-0.05, 0) is 49.3 Å². The van der Waals surface area contributed by atoms with E-state index in [0.717, 1.165) is 42.9 Å². The van der Waals surface area contributed by atoms with E-state index in [1.807, 2.05) is 6.08 Å². The molecule has 1 unspecified atom stereocenters. The number of halogens is 2. The Labute approximate surface area is 150 Å². The molecule has 26 heavy (non-hydrogen) atoms. The molecular weight excluding hydrogens is 338 g/mol. The molecule has 0 aliphatic heterocycles. The molecule has 1 aromatic carbocycles. The maximum Gasteiger partial charge on any atom is 0.254 e. The lowest BCUT2D eigenvalue weighted by Gasteiger charge is -2.19. The number of aromatic nitrogens is 2. The molecule has 0 saturated heterocycles. The van der Waals surface area contributed by atoms with Crippen LogP contribution in [0.2, 0.25) is 0 Å². The average molecular weight is 358 g/mol. The van der Waals surface area contributed by atoms with E-state index in [2.05, 4.69) is 9.97 Å². The van der Waals surface area contributed by atoms with Crippen molar-refractivity contribution in [2.75, 3.05) is 0 Å². The van der Waals surface area contributed by atoms with Crippen molar-refractivity contribution in [3.05, 3.63) is 59.1 Å². The topological polar surface area (TPSA) is 52.1 Å². The lowest BCUT2D eigenvalue weighted by molar-refractivity contribution is -0.108. The van der Waals surface area contributed by atoms with Crippen LogP contribution in [0.3, 0.4) is 0 Å². The van der Waals surface area contributed by atoms with Crippen molar-refractivity contribution >= 4 is 11.9 Å². The van der Waals surface area contributed by atoms with Crippen LogP contribution in [-0.2, 0) is 11.4 Å². The van der Waals surface area contributed by atoms with Crippen LogP contribution in [-0.4, -0.2) is 16.3 Å². The van der Waals surface area contributed by atoms with E-state index in [9.17, 15) is 13.6 Å². The molecule has 0 fully saturated rings. The first kappa shape index (κ1) is 18.2. The largest absolute Gasteiger partial charge is 0.471 e. The fourth-order valence-corrected chi connectivity index (χ4v) is 2.96. The van der Waals surface area contributed by atoms with E-state index in [4.69, 9.17) is 4.74 Å². The van der Waals surface area contributed by atoms with Gasteiger partial charge in [-0.15, -0.1) is 0 Å². The highest BCUT2D eigenvalue weighted by atomic mass is 19.1. The van der Waals surface area contributed by atoms with E-state index in [1.165, 1.54) is 6.07 Å². The van der Waals surface area contributed by atoms with Crippen LogP contribution < -0.4 is 4.74 Å². The van der Waals surface area contributed by atoms with Crippen molar-refractivity contribution in [2.45, 2.75) is 39.2 Å². The number of aryl methyl sites for hydroxylation is 1. The van der Waals surface area contributed by atoms with Gasteiger partial charge in [0.25, 0.3) is 5.88 Å². The van der Waals surface area contributed by atoms with Crippen molar-refractivity contribution < 1.29 is 18.3 Å².